The van der Waals surface area contributed by atoms with Gasteiger partial charge < -0.3 is 0 Å². The fourth-order valence-electron chi connectivity index (χ4n) is 0.0934. The highest BCUT2D eigenvalue weighted by Crippen LogP contribution is 1.88. The molecular formula is C4H3IN2. The Morgan fingerprint density at radius 3 is 2.71 bits per heavy atom. The van der Waals surface area contributed by atoms with Gasteiger partial charge in [0.1, 0.15) is 3.72 Å². The minimum atomic E-state index is 0.625. The van der Waals surface area contributed by atoms with E-state index in [4.69, 9.17) is 5.26 Å². The van der Waals surface area contributed by atoms with Gasteiger partial charge in [0.25, 0.3) is 0 Å². The van der Waals surface area contributed by atoms with Crippen LogP contribution in [0.2, 0.25) is 0 Å². The highest BCUT2D eigenvalue weighted by molar-refractivity contribution is 14.1. The zero-order valence-corrected chi connectivity index (χ0v) is 5.71. The van der Waals surface area contributed by atoms with Gasteiger partial charge in [-0.05, 0) is 28.7 Å². The molecule has 0 heterocycles. The maximum Gasteiger partial charge on any atom is 0.206 e. The van der Waals surface area contributed by atoms with E-state index in [-0.39, 0.29) is 0 Å². The first-order valence-corrected chi connectivity index (χ1v) is 2.64. The molecule has 0 N–H and O–H groups in total. The van der Waals surface area contributed by atoms with Gasteiger partial charge in [-0.15, -0.1) is 0 Å². The number of aliphatic imine (C=N–C) groups is 1. The molecule has 0 aromatic heterocycles. The third-order valence-electron chi connectivity index (χ3n) is 0.325. The molecule has 0 unspecified atom stereocenters. The summed E-state index contributed by atoms with van der Waals surface area (Å²) in [6.45, 7) is 3.39. The van der Waals surface area contributed by atoms with Crippen molar-refractivity contribution in [1.82, 2.24) is 0 Å². The summed E-state index contributed by atoms with van der Waals surface area (Å²) >= 11 is 1.91. The minimum Gasteiger partial charge on any atom is -0.170 e. The monoisotopic (exact) mass is 206 g/mol. The van der Waals surface area contributed by atoms with Gasteiger partial charge in [-0.2, -0.15) is 10.3 Å². The summed E-state index contributed by atoms with van der Waals surface area (Å²) in [5, 5.41) is 7.88. The normalized spacial score (nSPS) is 10.0. The Morgan fingerprint density at radius 2 is 2.57 bits per heavy atom. The van der Waals surface area contributed by atoms with Crippen LogP contribution in [0.5, 0.6) is 0 Å². The van der Waals surface area contributed by atoms with Crippen LogP contribution in [0.4, 0.5) is 0 Å². The summed E-state index contributed by atoms with van der Waals surface area (Å²) in [6.07, 6.45) is 3.15. The van der Waals surface area contributed by atoms with Crippen molar-refractivity contribution in [3.63, 3.8) is 0 Å². The molecular weight excluding hydrogens is 203 g/mol. The number of hydrogen-bond donors (Lipinski definition) is 0. The molecule has 0 atom stereocenters. The van der Waals surface area contributed by atoms with E-state index in [9.17, 15) is 0 Å². The fraction of sp³-hybridized carbons (Fsp3) is 0. The Balaban J connectivity index is 3.80. The second kappa shape index (κ2) is 3.81. The van der Waals surface area contributed by atoms with Crippen LogP contribution in [0.1, 0.15) is 0 Å². The van der Waals surface area contributed by atoms with Crippen molar-refractivity contribution >= 4 is 26.3 Å². The number of hydrogen-bond acceptors (Lipinski definition) is 2. The number of nitriles is 1. The van der Waals surface area contributed by atoms with Crippen molar-refractivity contribution in [2.24, 2.45) is 4.99 Å². The molecule has 0 aromatic rings. The summed E-state index contributed by atoms with van der Waals surface area (Å²) in [6, 6.07) is 0. The standard InChI is InChI=1S/C4H3IN2/c1-2-4(5)7-3-6/h2H,1H2/b7-4+. The third kappa shape index (κ3) is 3.46. The molecule has 7 heavy (non-hydrogen) atoms. The number of halogens is 1. The van der Waals surface area contributed by atoms with E-state index >= 15 is 0 Å². The highest BCUT2D eigenvalue weighted by Gasteiger charge is 1.76. The van der Waals surface area contributed by atoms with Gasteiger partial charge in [0, 0.05) is 0 Å². The quantitative estimate of drug-likeness (QED) is 0.363. The van der Waals surface area contributed by atoms with Gasteiger partial charge in [-0.25, -0.2) is 0 Å². The molecule has 0 bridgehead atoms. The molecule has 0 rings (SSSR count). The Kier molecular flexibility index (Phi) is 3.61. The van der Waals surface area contributed by atoms with E-state index in [2.05, 4.69) is 11.6 Å². The SMILES string of the molecule is C=C/C(I)=N\C#N. The first-order chi connectivity index (χ1) is 3.31. The van der Waals surface area contributed by atoms with Gasteiger partial charge in [0.15, 0.2) is 0 Å². The van der Waals surface area contributed by atoms with Gasteiger partial charge in [0.2, 0.25) is 6.19 Å². The minimum absolute atomic E-state index is 0.625. The van der Waals surface area contributed by atoms with Crippen LogP contribution in [-0.2, 0) is 0 Å². The van der Waals surface area contributed by atoms with Crippen LogP contribution in [0, 0.1) is 11.5 Å². The molecule has 0 spiro atoms. The predicted molar refractivity (Wildman–Crippen MR) is 37.3 cm³/mol. The van der Waals surface area contributed by atoms with E-state index in [1.54, 1.807) is 6.19 Å². The van der Waals surface area contributed by atoms with Gasteiger partial charge in [0.05, 0.1) is 0 Å². The summed E-state index contributed by atoms with van der Waals surface area (Å²) in [5.74, 6) is 0. The van der Waals surface area contributed by atoms with Gasteiger partial charge in [-0.3, -0.25) is 0 Å². The van der Waals surface area contributed by atoms with Crippen LogP contribution >= 0.6 is 22.6 Å². The second-order valence-electron chi connectivity index (χ2n) is 0.739. The molecule has 2 nitrogen and oxygen atoms in total. The third-order valence-corrected chi connectivity index (χ3v) is 1.01. The summed E-state index contributed by atoms with van der Waals surface area (Å²) < 4.78 is 0.625. The Hall–Kier alpha value is -0.370. The van der Waals surface area contributed by atoms with Crippen LogP contribution in [-0.4, -0.2) is 3.72 Å². The van der Waals surface area contributed by atoms with E-state index in [0.29, 0.717) is 3.72 Å². The molecule has 0 amide bonds. The van der Waals surface area contributed by atoms with Crippen LogP contribution < -0.4 is 0 Å². The second-order valence-corrected chi connectivity index (χ2v) is 1.84. The lowest BCUT2D eigenvalue weighted by Crippen LogP contribution is -1.70. The first kappa shape index (κ1) is 6.63. The molecule has 0 saturated carbocycles. The molecule has 0 aliphatic rings. The van der Waals surface area contributed by atoms with Crippen LogP contribution in [0.15, 0.2) is 17.6 Å². The van der Waals surface area contributed by atoms with Crippen molar-refractivity contribution in [2.75, 3.05) is 0 Å². The summed E-state index contributed by atoms with van der Waals surface area (Å²) in [7, 11) is 0. The lowest BCUT2D eigenvalue weighted by atomic mass is 10.7. The molecule has 0 aromatic carbocycles. The summed E-state index contributed by atoms with van der Waals surface area (Å²) in [5.41, 5.74) is 0. The number of rotatable bonds is 1. The number of allylic oxidation sites excluding steroid dienone is 1. The van der Waals surface area contributed by atoms with Gasteiger partial charge in [-0.1, -0.05) is 6.58 Å². The van der Waals surface area contributed by atoms with Crippen molar-refractivity contribution in [1.29, 1.82) is 5.26 Å². The van der Waals surface area contributed by atoms with Gasteiger partial charge >= 0.3 is 0 Å². The lowest BCUT2D eigenvalue weighted by Gasteiger charge is -1.72. The predicted octanol–water partition coefficient (Wildman–Crippen LogP) is 1.49. The van der Waals surface area contributed by atoms with Crippen molar-refractivity contribution < 1.29 is 0 Å². The molecule has 0 fully saturated rings. The molecule has 36 valence electrons. The smallest absolute Gasteiger partial charge is 0.170 e. The molecule has 0 saturated heterocycles. The maximum atomic E-state index is 7.88. The van der Waals surface area contributed by atoms with E-state index in [1.807, 2.05) is 22.6 Å². The highest BCUT2D eigenvalue weighted by atomic mass is 127. The topological polar surface area (TPSA) is 36.1 Å². The Morgan fingerprint density at radius 1 is 2.00 bits per heavy atom. The van der Waals surface area contributed by atoms with E-state index in [0.717, 1.165) is 0 Å². The van der Waals surface area contributed by atoms with E-state index in [1.165, 1.54) is 6.08 Å². The number of nitrogens with zero attached hydrogens (tertiary/aromatic N) is 2. The lowest BCUT2D eigenvalue weighted by molar-refractivity contribution is 1.45. The van der Waals surface area contributed by atoms with E-state index < -0.39 is 0 Å². The molecule has 3 heteroatoms. The van der Waals surface area contributed by atoms with Crippen molar-refractivity contribution in [3.8, 4) is 6.19 Å². The van der Waals surface area contributed by atoms with Crippen molar-refractivity contribution in [2.45, 2.75) is 0 Å². The first-order valence-electron chi connectivity index (χ1n) is 1.56. The Labute approximate surface area is 55.7 Å². The van der Waals surface area contributed by atoms with Crippen molar-refractivity contribution in [3.05, 3.63) is 12.7 Å². The molecule has 0 aliphatic heterocycles. The zero-order chi connectivity index (χ0) is 5.70. The Bertz CT molecular complexity index is 131. The maximum absolute atomic E-state index is 7.88. The fourth-order valence-corrected chi connectivity index (χ4v) is 0.201. The largest absolute Gasteiger partial charge is 0.206 e. The molecule has 0 radical (unpaired) electrons. The zero-order valence-electron chi connectivity index (χ0n) is 3.56. The average molecular weight is 206 g/mol. The summed E-state index contributed by atoms with van der Waals surface area (Å²) in [4.78, 5) is 3.33. The van der Waals surface area contributed by atoms with Crippen LogP contribution in [0.3, 0.4) is 0 Å². The van der Waals surface area contributed by atoms with Crippen LogP contribution in [0.25, 0.3) is 0 Å². The average Bonchev–Trinajstić information content (AvgIpc) is 1.68. The molecule has 0 aliphatic carbocycles.